The Labute approximate surface area is 158 Å². The van der Waals surface area contributed by atoms with Gasteiger partial charge in [-0.15, -0.1) is 0 Å². The summed E-state index contributed by atoms with van der Waals surface area (Å²) in [6.45, 7) is 0.396. The lowest BCUT2D eigenvalue weighted by atomic mass is 9.98. The molecule has 2 fully saturated rings. The van der Waals surface area contributed by atoms with E-state index in [0.717, 1.165) is 18.5 Å². The average molecular weight is 374 g/mol. The molecule has 2 N–H and O–H groups in total. The largest absolute Gasteiger partial charge is 0.360 e. The van der Waals surface area contributed by atoms with E-state index in [1.165, 1.54) is 18.9 Å². The summed E-state index contributed by atoms with van der Waals surface area (Å²) < 4.78 is 15.5. The fourth-order valence-electron chi connectivity index (χ4n) is 4.20. The normalized spacial score (nSPS) is 25.2. The first kappa shape index (κ1) is 17.4. The van der Waals surface area contributed by atoms with Crippen molar-refractivity contribution in [2.24, 2.45) is 0 Å². The van der Waals surface area contributed by atoms with Gasteiger partial charge in [-0.1, -0.05) is 18.2 Å². The molecule has 2 bridgehead atoms. The summed E-state index contributed by atoms with van der Waals surface area (Å²) in [4.78, 5) is 2.52. The lowest BCUT2D eigenvalue weighted by Gasteiger charge is -2.37. The third-order valence-electron chi connectivity index (χ3n) is 5.61. The lowest BCUT2D eigenvalue weighted by molar-refractivity contribution is 0.156. The van der Waals surface area contributed by atoms with Crippen molar-refractivity contribution in [1.82, 2.24) is 20.0 Å². The van der Waals surface area contributed by atoms with Crippen LogP contribution in [-0.2, 0) is 6.54 Å². The van der Waals surface area contributed by atoms with Crippen LogP contribution in [0.4, 0.5) is 10.1 Å². The van der Waals surface area contributed by atoms with E-state index in [0.29, 0.717) is 35.3 Å². The number of hydrogen-bond donors (Lipinski definition) is 2. The number of halogens is 1. The predicted octanol–water partition coefficient (Wildman–Crippen LogP) is 2.98. The van der Waals surface area contributed by atoms with Crippen LogP contribution in [0.1, 0.15) is 31.2 Å². The highest BCUT2D eigenvalue weighted by molar-refractivity contribution is 7.80. The molecule has 1 aromatic carbocycles. The smallest absolute Gasteiger partial charge is 0.171 e. The van der Waals surface area contributed by atoms with E-state index in [2.05, 4.69) is 27.7 Å². The number of thiocarbonyl (C=S) groups is 1. The Balaban J connectivity index is 1.31. The number of aromatic nitrogens is 2. The quantitative estimate of drug-likeness (QED) is 0.807. The summed E-state index contributed by atoms with van der Waals surface area (Å²) in [5.41, 5.74) is 1.43. The van der Waals surface area contributed by atoms with Gasteiger partial charge in [0.25, 0.3) is 0 Å². The summed E-state index contributed by atoms with van der Waals surface area (Å²) >= 11 is 5.47. The predicted molar refractivity (Wildman–Crippen MR) is 105 cm³/mol. The zero-order valence-corrected chi connectivity index (χ0v) is 15.7. The standard InChI is InChI=1S/C19H24FN5S/c1-24-16-6-7-17(24)9-14(8-16)22-19(26)23-15-10-21-25(12-15)11-13-4-2-3-5-18(13)20/h2-5,10,12,14,16-17H,6-9,11H2,1H3,(H2,22,23,26). The molecule has 2 aliphatic heterocycles. The number of fused-ring (bicyclic) bond motifs is 2. The first-order valence-electron chi connectivity index (χ1n) is 9.14. The molecule has 0 amide bonds. The minimum absolute atomic E-state index is 0.216. The van der Waals surface area contributed by atoms with Crippen molar-refractivity contribution in [3.05, 3.63) is 48.0 Å². The highest BCUT2D eigenvalue weighted by Crippen LogP contribution is 2.34. The van der Waals surface area contributed by atoms with Gasteiger partial charge in [0.05, 0.1) is 18.4 Å². The van der Waals surface area contributed by atoms with Gasteiger partial charge >= 0.3 is 0 Å². The van der Waals surface area contributed by atoms with Crippen LogP contribution in [0.2, 0.25) is 0 Å². The third-order valence-corrected chi connectivity index (χ3v) is 5.83. The van der Waals surface area contributed by atoms with Gasteiger partial charge in [0.1, 0.15) is 5.82 Å². The van der Waals surface area contributed by atoms with E-state index in [9.17, 15) is 4.39 Å². The Bertz CT molecular complexity index is 778. The number of nitrogens with one attached hydrogen (secondary N) is 2. The third kappa shape index (κ3) is 3.73. The number of nitrogens with zero attached hydrogens (tertiary/aromatic N) is 3. The average Bonchev–Trinajstić information content (AvgIpc) is 3.10. The molecule has 26 heavy (non-hydrogen) atoms. The van der Waals surface area contributed by atoms with Gasteiger partial charge < -0.3 is 15.5 Å². The van der Waals surface area contributed by atoms with Crippen molar-refractivity contribution in [2.75, 3.05) is 12.4 Å². The van der Waals surface area contributed by atoms with Gasteiger partial charge in [0, 0.05) is 29.9 Å². The first-order chi connectivity index (χ1) is 12.6. The minimum Gasteiger partial charge on any atom is -0.360 e. The monoisotopic (exact) mass is 373 g/mol. The Hall–Kier alpha value is -1.99. The molecule has 4 rings (SSSR count). The van der Waals surface area contributed by atoms with Crippen LogP contribution in [0, 0.1) is 5.82 Å². The van der Waals surface area contributed by atoms with Crippen LogP contribution < -0.4 is 10.6 Å². The molecule has 7 heteroatoms. The molecule has 138 valence electrons. The number of hydrogen-bond acceptors (Lipinski definition) is 3. The van der Waals surface area contributed by atoms with Crippen LogP contribution in [0.15, 0.2) is 36.7 Å². The molecule has 0 saturated carbocycles. The zero-order chi connectivity index (χ0) is 18.1. The fraction of sp³-hybridized carbons (Fsp3) is 0.474. The summed E-state index contributed by atoms with van der Waals surface area (Å²) in [7, 11) is 2.24. The summed E-state index contributed by atoms with van der Waals surface area (Å²) in [5, 5.41) is 11.6. The maximum atomic E-state index is 13.8. The molecular weight excluding hydrogens is 349 g/mol. The second kappa shape index (κ2) is 7.32. The van der Waals surface area contributed by atoms with Crippen molar-refractivity contribution in [1.29, 1.82) is 0 Å². The molecule has 2 atom stereocenters. The molecule has 0 spiro atoms. The highest BCUT2D eigenvalue weighted by atomic mass is 32.1. The van der Waals surface area contributed by atoms with Crippen LogP contribution in [-0.4, -0.2) is 45.0 Å². The van der Waals surface area contributed by atoms with Gasteiger partial charge in [-0.3, -0.25) is 4.68 Å². The van der Waals surface area contributed by atoms with Crippen LogP contribution in [0.25, 0.3) is 0 Å². The SMILES string of the molecule is CN1C2CCC1CC(NC(=S)Nc1cnn(Cc3ccccc3F)c1)C2. The number of piperidine rings is 1. The number of anilines is 1. The van der Waals surface area contributed by atoms with Crippen LogP contribution in [0.5, 0.6) is 0 Å². The number of benzene rings is 1. The van der Waals surface area contributed by atoms with Crippen molar-refractivity contribution < 1.29 is 4.39 Å². The van der Waals surface area contributed by atoms with Crippen molar-refractivity contribution in [2.45, 2.75) is 50.4 Å². The van der Waals surface area contributed by atoms with E-state index in [-0.39, 0.29) is 5.82 Å². The van der Waals surface area contributed by atoms with Crippen molar-refractivity contribution >= 4 is 23.0 Å². The lowest BCUT2D eigenvalue weighted by Crippen LogP contribution is -2.49. The number of rotatable bonds is 4. The van der Waals surface area contributed by atoms with E-state index in [1.54, 1.807) is 23.0 Å². The van der Waals surface area contributed by atoms with Crippen LogP contribution >= 0.6 is 12.2 Å². The van der Waals surface area contributed by atoms with Gasteiger partial charge in [0.2, 0.25) is 0 Å². The van der Waals surface area contributed by atoms with Gasteiger partial charge in [-0.05, 0) is 51.0 Å². The van der Waals surface area contributed by atoms with Crippen molar-refractivity contribution in [3.8, 4) is 0 Å². The van der Waals surface area contributed by atoms with Crippen LogP contribution in [0.3, 0.4) is 0 Å². The minimum atomic E-state index is -0.216. The maximum absolute atomic E-state index is 13.8. The Morgan fingerprint density at radius 2 is 2.00 bits per heavy atom. The van der Waals surface area contributed by atoms with E-state index in [1.807, 2.05) is 12.3 Å². The Morgan fingerprint density at radius 3 is 2.73 bits per heavy atom. The first-order valence-corrected chi connectivity index (χ1v) is 9.54. The summed E-state index contributed by atoms with van der Waals surface area (Å²) in [6.07, 6.45) is 8.43. The fourth-order valence-corrected chi connectivity index (χ4v) is 4.48. The molecule has 1 aromatic heterocycles. The molecule has 3 heterocycles. The molecular formula is C19H24FN5S. The van der Waals surface area contributed by atoms with Gasteiger partial charge in [0.15, 0.2) is 5.11 Å². The second-order valence-electron chi connectivity index (χ2n) is 7.34. The molecule has 2 aliphatic rings. The van der Waals surface area contributed by atoms with Gasteiger partial charge in [-0.2, -0.15) is 5.10 Å². The zero-order valence-electron chi connectivity index (χ0n) is 14.9. The van der Waals surface area contributed by atoms with E-state index >= 15 is 0 Å². The molecule has 2 unspecified atom stereocenters. The van der Waals surface area contributed by atoms with Crippen molar-refractivity contribution in [3.63, 3.8) is 0 Å². The maximum Gasteiger partial charge on any atom is 0.171 e. The summed E-state index contributed by atoms with van der Waals surface area (Å²) in [5.74, 6) is -0.216. The molecule has 2 saturated heterocycles. The molecule has 2 aromatic rings. The van der Waals surface area contributed by atoms with E-state index < -0.39 is 0 Å². The topological polar surface area (TPSA) is 45.1 Å². The molecule has 5 nitrogen and oxygen atoms in total. The van der Waals surface area contributed by atoms with E-state index in [4.69, 9.17) is 12.2 Å². The highest BCUT2D eigenvalue weighted by Gasteiger charge is 2.38. The summed E-state index contributed by atoms with van der Waals surface area (Å²) in [6, 6.07) is 8.53. The molecule has 0 aliphatic carbocycles. The second-order valence-corrected chi connectivity index (χ2v) is 7.74. The Kier molecular flexibility index (Phi) is 4.91. The van der Waals surface area contributed by atoms with Gasteiger partial charge in [-0.25, -0.2) is 4.39 Å². The molecule has 0 radical (unpaired) electrons. The Morgan fingerprint density at radius 1 is 1.27 bits per heavy atom.